The van der Waals surface area contributed by atoms with Crippen molar-refractivity contribution in [3.05, 3.63) is 0 Å². The average Bonchev–Trinajstić information content (AvgIpc) is 2.64. The van der Waals surface area contributed by atoms with E-state index in [4.69, 9.17) is 14.2 Å². The van der Waals surface area contributed by atoms with Crippen molar-refractivity contribution in [3.8, 4) is 0 Å². The van der Waals surface area contributed by atoms with E-state index < -0.39 is 46.1 Å². The molecule has 0 aromatic heterocycles. The summed E-state index contributed by atoms with van der Waals surface area (Å²) in [5.41, 5.74) is -1.86. The van der Waals surface area contributed by atoms with Gasteiger partial charge in [-0.25, -0.2) is 19.2 Å². The maximum absolute atomic E-state index is 11.9. The fourth-order valence-corrected chi connectivity index (χ4v) is 4.12. The minimum atomic E-state index is -1.20. The molecule has 0 aliphatic carbocycles. The highest BCUT2D eigenvalue weighted by atomic mass is 33.1. The van der Waals surface area contributed by atoms with Crippen LogP contribution in [0.1, 0.15) is 69.2 Å². The third-order valence-corrected chi connectivity index (χ3v) is 5.43. The zero-order chi connectivity index (χ0) is 28.9. The first-order chi connectivity index (χ1) is 16.1. The predicted molar refractivity (Wildman–Crippen MR) is 137 cm³/mol. The lowest BCUT2D eigenvalue weighted by Gasteiger charge is -2.24. The van der Waals surface area contributed by atoms with E-state index >= 15 is 0 Å². The number of hydrogen-bond acceptors (Lipinski definition) is 12. The summed E-state index contributed by atoms with van der Waals surface area (Å²) in [6.45, 7) is 16.9. The summed E-state index contributed by atoms with van der Waals surface area (Å²) < 4.78 is 24.3. The van der Waals surface area contributed by atoms with Crippen molar-refractivity contribution in [1.29, 1.82) is 0 Å². The molecule has 0 aliphatic rings. The molecule has 0 rings (SSSR count). The van der Waals surface area contributed by atoms with Gasteiger partial charge in [0.2, 0.25) is 0 Å². The van der Waals surface area contributed by atoms with Crippen molar-refractivity contribution in [3.63, 3.8) is 0 Å². The number of esters is 3. The van der Waals surface area contributed by atoms with Gasteiger partial charge in [0, 0.05) is 6.92 Å². The second-order valence-corrected chi connectivity index (χ2v) is 12.5. The van der Waals surface area contributed by atoms with Crippen molar-refractivity contribution in [2.24, 2.45) is 0 Å². The van der Waals surface area contributed by atoms with Crippen LogP contribution in [0.2, 0.25) is 0 Å². The van der Waals surface area contributed by atoms with Gasteiger partial charge in [0.05, 0.1) is 14.2 Å². The molecule has 210 valence electrons. The first-order valence-corrected chi connectivity index (χ1v) is 13.0. The van der Waals surface area contributed by atoms with E-state index in [2.05, 4.69) is 20.1 Å². The monoisotopic (exact) mass is 556 g/mol. The molecule has 0 bridgehead atoms. The lowest BCUT2D eigenvalue weighted by atomic mass is 10.2. The summed E-state index contributed by atoms with van der Waals surface area (Å²) in [5.74, 6) is -1.77. The number of carbonyl (C=O) groups is 5. The normalized spacial score (nSPS) is 13.0. The molecule has 2 N–H and O–H groups in total. The molecular formula is C22H40N2O10S2. The fourth-order valence-electron chi connectivity index (χ4n) is 1.83. The Morgan fingerprint density at radius 2 is 0.861 bits per heavy atom. The molecule has 0 spiro atoms. The summed E-state index contributed by atoms with van der Waals surface area (Å²) in [6, 6.07) is 0. The molecule has 0 saturated heterocycles. The maximum atomic E-state index is 11.9. The van der Waals surface area contributed by atoms with Crippen LogP contribution in [0, 0.1) is 0 Å². The van der Waals surface area contributed by atoms with E-state index in [1.54, 1.807) is 41.5 Å². The smallest absolute Gasteiger partial charge is 0.409 e. The SMILES string of the molecule is CC(=O)OC(C)(C)C.COC(=O)C(NC(=O)OC(C)(C)C)SSC(NC(=O)OC(C)(C)C)C(=O)OC. The molecule has 0 heterocycles. The van der Waals surface area contributed by atoms with Crippen LogP contribution in [-0.4, -0.2) is 71.9 Å². The lowest BCUT2D eigenvalue weighted by Crippen LogP contribution is -2.44. The third-order valence-electron chi connectivity index (χ3n) is 2.82. The minimum Gasteiger partial charge on any atom is -0.467 e. The van der Waals surface area contributed by atoms with Gasteiger partial charge in [0.15, 0.2) is 10.7 Å². The van der Waals surface area contributed by atoms with Gasteiger partial charge >= 0.3 is 30.1 Å². The highest BCUT2D eigenvalue weighted by Gasteiger charge is 2.31. The van der Waals surface area contributed by atoms with Crippen LogP contribution in [0.15, 0.2) is 0 Å². The van der Waals surface area contributed by atoms with Gasteiger partial charge in [0.25, 0.3) is 0 Å². The van der Waals surface area contributed by atoms with Crippen LogP contribution in [0.3, 0.4) is 0 Å². The van der Waals surface area contributed by atoms with Gasteiger partial charge in [-0.15, -0.1) is 0 Å². The van der Waals surface area contributed by atoms with Crippen LogP contribution in [0.4, 0.5) is 9.59 Å². The van der Waals surface area contributed by atoms with E-state index in [0.29, 0.717) is 0 Å². The Bertz CT molecular complexity index is 705. The van der Waals surface area contributed by atoms with Crippen molar-refractivity contribution in [1.82, 2.24) is 10.6 Å². The second-order valence-electron chi connectivity index (χ2n) is 10.00. The fraction of sp³-hybridized carbons (Fsp3) is 0.773. The summed E-state index contributed by atoms with van der Waals surface area (Å²) in [5, 5.41) is 2.28. The predicted octanol–water partition coefficient (Wildman–Crippen LogP) is 3.76. The Balaban J connectivity index is 0. The van der Waals surface area contributed by atoms with Crippen LogP contribution in [0.5, 0.6) is 0 Å². The summed E-state index contributed by atoms with van der Waals surface area (Å²) in [4.78, 5) is 57.9. The summed E-state index contributed by atoms with van der Waals surface area (Å²) in [6.07, 6.45) is -1.68. The Morgan fingerprint density at radius 1 is 0.583 bits per heavy atom. The first-order valence-electron chi connectivity index (χ1n) is 10.8. The molecule has 0 aromatic rings. The summed E-state index contributed by atoms with van der Waals surface area (Å²) in [7, 11) is 3.85. The Morgan fingerprint density at radius 3 is 1.03 bits per heavy atom. The maximum Gasteiger partial charge on any atom is 0.409 e. The molecule has 36 heavy (non-hydrogen) atoms. The molecule has 2 atom stereocenters. The molecule has 12 nitrogen and oxygen atoms in total. The van der Waals surface area contributed by atoms with Gasteiger partial charge in [0.1, 0.15) is 16.8 Å². The molecular weight excluding hydrogens is 516 g/mol. The average molecular weight is 557 g/mol. The number of rotatable bonds is 7. The zero-order valence-corrected chi connectivity index (χ0v) is 24.7. The van der Waals surface area contributed by atoms with Crippen LogP contribution in [0.25, 0.3) is 0 Å². The number of nitrogens with one attached hydrogen (secondary N) is 2. The van der Waals surface area contributed by atoms with E-state index in [-0.39, 0.29) is 11.6 Å². The number of ether oxygens (including phenoxy) is 5. The number of amides is 2. The van der Waals surface area contributed by atoms with Gasteiger partial charge in [-0.2, -0.15) is 0 Å². The highest BCUT2D eigenvalue weighted by Crippen LogP contribution is 2.31. The third kappa shape index (κ3) is 21.0. The number of carbonyl (C=O) groups excluding carboxylic acids is 5. The number of methoxy groups -OCH3 is 2. The molecule has 0 aromatic carbocycles. The van der Waals surface area contributed by atoms with Crippen LogP contribution >= 0.6 is 21.6 Å². The van der Waals surface area contributed by atoms with Crippen LogP contribution in [-0.2, 0) is 38.1 Å². The van der Waals surface area contributed by atoms with Gasteiger partial charge in [-0.1, -0.05) is 21.6 Å². The number of alkyl carbamates (subject to hydrolysis) is 2. The Labute approximate surface area is 221 Å². The van der Waals surface area contributed by atoms with Gasteiger partial charge in [-0.05, 0) is 62.3 Å². The van der Waals surface area contributed by atoms with Crippen LogP contribution < -0.4 is 10.6 Å². The standard InChI is InChI=1S/C16H28N2O8S2.C6H12O2/c1-15(2,3)25-13(21)17-9(11(19)23-7)27-28-10(12(20)24-8)18-14(22)26-16(4,5)6;1-5(7)8-6(2,3)4/h9-10H,1-8H3,(H,17,21)(H,18,22);1-4H3. The Kier molecular flexibility index (Phi) is 15.6. The molecule has 0 radical (unpaired) electrons. The van der Waals surface area contributed by atoms with E-state index in [1.165, 1.54) is 6.92 Å². The topological polar surface area (TPSA) is 156 Å². The molecule has 0 saturated carbocycles. The van der Waals surface area contributed by atoms with E-state index in [1.807, 2.05) is 20.8 Å². The molecule has 0 fully saturated rings. The highest BCUT2D eigenvalue weighted by molar-refractivity contribution is 8.77. The zero-order valence-electron chi connectivity index (χ0n) is 23.1. The second kappa shape index (κ2) is 15.7. The molecule has 14 heteroatoms. The molecule has 2 amide bonds. The first kappa shape index (κ1) is 35.8. The molecule has 0 aliphatic heterocycles. The molecule has 2 unspecified atom stereocenters. The van der Waals surface area contributed by atoms with Crippen molar-refractivity contribution in [2.45, 2.75) is 96.8 Å². The largest absolute Gasteiger partial charge is 0.467 e. The summed E-state index contributed by atoms with van der Waals surface area (Å²) >= 11 is 0. The Hall–Kier alpha value is -2.35. The number of hydrogen-bond donors (Lipinski definition) is 2. The van der Waals surface area contributed by atoms with Gasteiger partial charge in [-0.3, -0.25) is 15.4 Å². The van der Waals surface area contributed by atoms with Crippen molar-refractivity contribution >= 4 is 51.7 Å². The van der Waals surface area contributed by atoms with Crippen molar-refractivity contribution < 1.29 is 47.7 Å². The lowest BCUT2D eigenvalue weighted by molar-refractivity contribution is -0.152. The minimum absolute atomic E-state index is 0.225. The van der Waals surface area contributed by atoms with E-state index in [0.717, 1.165) is 35.8 Å². The van der Waals surface area contributed by atoms with E-state index in [9.17, 15) is 24.0 Å². The van der Waals surface area contributed by atoms with Crippen molar-refractivity contribution in [2.75, 3.05) is 14.2 Å². The quantitative estimate of drug-likeness (QED) is 0.203. The van der Waals surface area contributed by atoms with Gasteiger partial charge < -0.3 is 23.7 Å².